The van der Waals surface area contributed by atoms with Crippen LogP contribution in [0.25, 0.3) is 10.4 Å². The Morgan fingerprint density at radius 3 is 2.34 bits per heavy atom. The molecule has 2 heterocycles. The van der Waals surface area contributed by atoms with Crippen molar-refractivity contribution < 1.29 is 19.3 Å². The van der Waals surface area contributed by atoms with Gasteiger partial charge in [-0.2, -0.15) is 0 Å². The Hall–Kier alpha value is -3.73. The third-order valence-corrected chi connectivity index (χ3v) is 5.73. The third-order valence-electron chi connectivity index (χ3n) is 5.73. The molecule has 4 atom stereocenters. The van der Waals surface area contributed by atoms with E-state index < -0.39 is 35.3 Å². The number of azide groups is 1. The Kier molecular flexibility index (Phi) is 7.76. The highest BCUT2D eigenvalue weighted by atomic mass is 16.6. The van der Waals surface area contributed by atoms with Crippen LogP contribution in [0.4, 0.5) is 0 Å². The fourth-order valence-electron chi connectivity index (χ4n) is 4.05. The summed E-state index contributed by atoms with van der Waals surface area (Å²) in [6.07, 6.45) is -2.34. The zero-order valence-corrected chi connectivity index (χ0v) is 18.8. The molecule has 11 nitrogen and oxygen atoms in total. The van der Waals surface area contributed by atoms with E-state index in [1.165, 1.54) is 6.20 Å². The van der Waals surface area contributed by atoms with Gasteiger partial charge in [0.2, 0.25) is 0 Å². The molecule has 4 rings (SSSR count). The number of rotatable bonds is 10. The van der Waals surface area contributed by atoms with E-state index in [2.05, 4.69) is 15.0 Å². The van der Waals surface area contributed by atoms with Gasteiger partial charge < -0.3 is 19.3 Å². The molecule has 35 heavy (non-hydrogen) atoms. The Balaban J connectivity index is 1.65. The first kappa shape index (κ1) is 24.4. The van der Waals surface area contributed by atoms with Crippen molar-refractivity contribution in [1.29, 1.82) is 0 Å². The first-order chi connectivity index (χ1) is 17.0. The Labute approximate surface area is 200 Å². The van der Waals surface area contributed by atoms with Crippen LogP contribution >= 0.6 is 0 Å². The van der Waals surface area contributed by atoms with Gasteiger partial charge >= 0.3 is 5.69 Å². The summed E-state index contributed by atoms with van der Waals surface area (Å²) in [4.78, 5) is 29.0. The maximum atomic E-state index is 12.4. The second-order valence-corrected chi connectivity index (χ2v) is 8.17. The molecular formula is C24H25N5O6. The summed E-state index contributed by atoms with van der Waals surface area (Å²) in [5.41, 5.74) is 8.05. The lowest BCUT2D eigenvalue weighted by Crippen LogP contribution is -2.51. The molecule has 0 aliphatic carbocycles. The second-order valence-electron chi connectivity index (χ2n) is 8.17. The normalized spacial score (nSPS) is 23.6. The molecule has 1 aromatic heterocycles. The Morgan fingerprint density at radius 1 is 1.06 bits per heavy atom. The number of nitrogens with zero attached hydrogens (tertiary/aromatic N) is 4. The average Bonchev–Trinajstić information content (AvgIpc) is 3.14. The van der Waals surface area contributed by atoms with Crippen LogP contribution < -0.4 is 11.2 Å². The van der Waals surface area contributed by atoms with Gasteiger partial charge in [0.15, 0.2) is 6.23 Å². The molecule has 0 radical (unpaired) electrons. The third kappa shape index (κ3) is 5.68. The number of H-pyrrole nitrogens is 1. The van der Waals surface area contributed by atoms with E-state index in [1.54, 1.807) is 0 Å². The monoisotopic (exact) mass is 479 g/mol. The molecule has 2 aromatic carbocycles. The summed E-state index contributed by atoms with van der Waals surface area (Å²) < 4.78 is 19.3. The minimum Gasteiger partial charge on any atom is -0.386 e. The summed E-state index contributed by atoms with van der Waals surface area (Å²) in [5.74, 6) is 0. The number of aromatic amines is 1. The first-order valence-corrected chi connectivity index (χ1v) is 11.0. The van der Waals surface area contributed by atoms with E-state index in [0.717, 1.165) is 21.8 Å². The van der Waals surface area contributed by atoms with E-state index >= 15 is 0 Å². The number of ether oxygens (including phenoxy) is 3. The van der Waals surface area contributed by atoms with Gasteiger partial charge in [-0.1, -0.05) is 65.8 Å². The fraction of sp³-hybridized carbons (Fsp3) is 0.333. The topological polar surface area (TPSA) is 152 Å². The number of hydrogen-bond acceptors (Lipinski definition) is 7. The lowest BCUT2D eigenvalue weighted by atomic mass is 9.95. The van der Waals surface area contributed by atoms with Crippen LogP contribution in [0.2, 0.25) is 0 Å². The quantitative estimate of drug-likeness (QED) is 0.259. The molecule has 0 saturated carbocycles. The van der Waals surface area contributed by atoms with E-state index in [4.69, 9.17) is 19.7 Å². The van der Waals surface area contributed by atoms with Crippen molar-refractivity contribution in [2.45, 2.75) is 37.3 Å². The van der Waals surface area contributed by atoms with Crippen LogP contribution in [-0.4, -0.2) is 45.6 Å². The molecule has 0 spiro atoms. The molecule has 0 amide bonds. The second kappa shape index (κ2) is 11.1. The van der Waals surface area contributed by atoms with Crippen molar-refractivity contribution in [1.82, 2.24) is 9.55 Å². The molecule has 0 unspecified atom stereocenters. The molecule has 182 valence electrons. The van der Waals surface area contributed by atoms with Crippen molar-refractivity contribution >= 4 is 0 Å². The summed E-state index contributed by atoms with van der Waals surface area (Å²) >= 11 is 0. The summed E-state index contributed by atoms with van der Waals surface area (Å²) in [7, 11) is 0. The number of aliphatic hydroxyl groups excluding tert-OH is 1. The SMILES string of the molecule is [N-]=[N+]=NC[C@]1(COCc2ccccc2)O[C@@H](n2ccc(=O)[nH]c2=O)[C@@H](O)[C@@H]1OCc1ccccc1. The minimum absolute atomic E-state index is 0.0912. The Morgan fingerprint density at radius 2 is 1.71 bits per heavy atom. The molecule has 3 aromatic rings. The number of aliphatic hydroxyl groups is 1. The van der Waals surface area contributed by atoms with Crippen molar-refractivity contribution in [3.05, 3.63) is 115 Å². The van der Waals surface area contributed by atoms with Crippen molar-refractivity contribution in [3.63, 3.8) is 0 Å². The largest absolute Gasteiger partial charge is 0.386 e. The van der Waals surface area contributed by atoms with Gasteiger partial charge in [0.05, 0.1) is 26.4 Å². The molecule has 1 aliphatic rings. The van der Waals surface area contributed by atoms with Crippen LogP contribution in [-0.2, 0) is 27.4 Å². The molecule has 0 bridgehead atoms. The van der Waals surface area contributed by atoms with Crippen LogP contribution in [0, 0.1) is 0 Å². The van der Waals surface area contributed by atoms with E-state index in [-0.39, 0.29) is 26.4 Å². The molecular weight excluding hydrogens is 454 g/mol. The minimum atomic E-state index is -1.41. The highest BCUT2D eigenvalue weighted by Gasteiger charge is 2.56. The molecule has 2 N–H and O–H groups in total. The van der Waals surface area contributed by atoms with Crippen LogP contribution in [0.15, 0.2) is 87.6 Å². The number of benzene rings is 2. The molecule has 1 saturated heterocycles. The Bertz CT molecular complexity index is 1270. The predicted molar refractivity (Wildman–Crippen MR) is 125 cm³/mol. The van der Waals surface area contributed by atoms with Gasteiger partial charge in [-0.15, -0.1) is 0 Å². The highest BCUT2D eigenvalue weighted by Crippen LogP contribution is 2.40. The number of aromatic nitrogens is 2. The summed E-state index contributed by atoms with van der Waals surface area (Å²) in [6, 6.07) is 19.9. The summed E-state index contributed by atoms with van der Waals surface area (Å²) in [6.45, 7) is 0.0678. The maximum Gasteiger partial charge on any atom is 0.330 e. The molecule has 11 heteroatoms. The van der Waals surface area contributed by atoms with Gasteiger partial charge in [0.1, 0.15) is 17.8 Å². The number of nitrogens with one attached hydrogen (secondary N) is 1. The van der Waals surface area contributed by atoms with Crippen molar-refractivity contribution in [3.8, 4) is 0 Å². The first-order valence-electron chi connectivity index (χ1n) is 11.0. The smallest absolute Gasteiger partial charge is 0.330 e. The van der Waals surface area contributed by atoms with Gasteiger partial charge in [0.25, 0.3) is 5.56 Å². The van der Waals surface area contributed by atoms with Gasteiger partial charge in [-0.3, -0.25) is 14.3 Å². The standard InChI is InChI=1S/C24H25N5O6/c25-28-26-15-24(16-33-13-17-7-3-1-4-8-17)21(34-14-18-9-5-2-6-10-18)20(31)22(35-24)29-12-11-19(30)27-23(29)32/h1-12,20-22,31H,13-16H2,(H,27,30,32)/t20-,21-,22+,24+/m0/s1. The fourth-order valence-corrected chi connectivity index (χ4v) is 4.05. The molecule has 1 aliphatic heterocycles. The van der Waals surface area contributed by atoms with Crippen LogP contribution in [0.1, 0.15) is 17.4 Å². The van der Waals surface area contributed by atoms with Gasteiger partial charge in [-0.25, -0.2) is 4.79 Å². The van der Waals surface area contributed by atoms with Crippen molar-refractivity contribution in [2.24, 2.45) is 5.11 Å². The maximum absolute atomic E-state index is 12.4. The average molecular weight is 479 g/mol. The zero-order valence-electron chi connectivity index (χ0n) is 18.8. The van der Waals surface area contributed by atoms with E-state index in [0.29, 0.717) is 0 Å². The van der Waals surface area contributed by atoms with Gasteiger partial charge in [0, 0.05) is 17.2 Å². The van der Waals surface area contributed by atoms with Crippen LogP contribution in [0.3, 0.4) is 0 Å². The van der Waals surface area contributed by atoms with E-state index in [1.807, 2.05) is 60.7 Å². The van der Waals surface area contributed by atoms with E-state index in [9.17, 15) is 14.7 Å². The lowest BCUT2D eigenvalue weighted by molar-refractivity contribution is -0.151. The van der Waals surface area contributed by atoms with Crippen LogP contribution in [0.5, 0.6) is 0 Å². The van der Waals surface area contributed by atoms with Gasteiger partial charge in [-0.05, 0) is 16.7 Å². The summed E-state index contributed by atoms with van der Waals surface area (Å²) in [5, 5.41) is 14.9. The highest BCUT2D eigenvalue weighted by molar-refractivity contribution is 5.15. The van der Waals surface area contributed by atoms with Crippen molar-refractivity contribution in [2.75, 3.05) is 13.2 Å². The number of hydrogen-bond donors (Lipinski definition) is 2. The zero-order chi connectivity index (χ0) is 24.7. The molecule has 1 fully saturated rings. The lowest BCUT2D eigenvalue weighted by Gasteiger charge is -2.33. The predicted octanol–water partition coefficient (Wildman–Crippen LogP) is 2.28.